The highest BCUT2D eigenvalue weighted by molar-refractivity contribution is 8.00. The van der Waals surface area contributed by atoms with E-state index in [1.165, 1.54) is 17.3 Å². The average molecular weight is 329 g/mol. The van der Waals surface area contributed by atoms with Crippen molar-refractivity contribution >= 4 is 23.4 Å². The number of ether oxygens (including phenoxy) is 1. The Bertz CT molecular complexity index is 608. The summed E-state index contributed by atoms with van der Waals surface area (Å²) in [6.07, 6.45) is 2.17. The number of rotatable bonds is 8. The monoisotopic (exact) mass is 329 g/mol. The molecule has 0 unspecified atom stereocenters. The van der Waals surface area contributed by atoms with Gasteiger partial charge in [-0.25, -0.2) is 0 Å². The summed E-state index contributed by atoms with van der Waals surface area (Å²) in [5.74, 6) is 1.23. The van der Waals surface area contributed by atoms with Crippen molar-refractivity contribution in [1.29, 1.82) is 0 Å². The molecule has 0 radical (unpaired) electrons. The van der Waals surface area contributed by atoms with Gasteiger partial charge >= 0.3 is 0 Å². The maximum Gasteiger partial charge on any atom is 0.234 e. The van der Waals surface area contributed by atoms with E-state index in [-0.39, 0.29) is 5.91 Å². The molecule has 0 fully saturated rings. The molecule has 0 heterocycles. The second-order valence-corrected chi connectivity index (χ2v) is 6.43. The van der Waals surface area contributed by atoms with Crippen LogP contribution in [0.1, 0.15) is 25.3 Å². The van der Waals surface area contributed by atoms with Crippen molar-refractivity contribution in [2.45, 2.75) is 31.6 Å². The third-order valence-corrected chi connectivity index (χ3v) is 4.31. The van der Waals surface area contributed by atoms with Crippen LogP contribution in [0.2, 0.25) is 0 Å². The summed E-state index contributed by atoms with van der Waals surface area (Å²) in [5.41, 5.74) is 2.02. The molecular formula is C19H23NO2S. The summed E-state index contributed by atoms with van der Waals surface area (Å²) in [7, 11) is 0. The molecule has 0 aliphatic rings. The van der Waals surface area contributed by atoms with Crippen LogP contribution < -0.4 is 10.1 Å². The van der Waals surface area contributed by atoms with Crippen molar-refractivity contribution in [3.05, 3.63) is 54.1 Å². The maximum atomic E-state index is 12.0. The third kappa shape index (κ3) is 6.37. The lowest BCUT2D eigenvalue weighted by molar-refractivity contribution is -0.113. The first kappa shape index (κ1) is 17.4. The molecule has 0 aromatic heterocycles. The van der Waals surface area contributed by atoms with Crippen molar-refractivity contribution in [2.24, 2.45) is 0 Å². The number of carbonyl (C=O) groups is 1. The van der Waals surface area contributed by atoms with Gasteiger partial charge in [-0.2, -0.15) is 0 Å². The van der Waals surface area contributed by atoms with Crippen molar-refractivity contribution < 1.29 is 9.53 Å². The molecule has 122 valence electrons. The Hall–Kier alpha value is -1.94. The quantitative estimate of drug-likeness (QED) is 0.553. The van der Waals surface area contributed by atoms with Gasteiger partial charge in [-0.05, 0) is 49.7 Å². The number of aryl methyl sites for hydroxylation is 1. The molecule has 1 N–H and O–H groups in total. The first-order chi connectivity index (χ1) is 11.2. The largest absolute Gasteiger partial charge is 0.494 e. The molecule has 2 rings (SSSR count). The number of amides is 1. The number of hydrogen-bond acceptors (Lipinski definition) is 3. The van der Waals surface area contributed by atoms with Crippen LogP contribution in [0.3, 0.4) is 0 Å². The molecule has 0 aliphatic heterocycles. The molecule has 0 aliphatic carbocycles. The number of hydrogen-bond donors (Lipinski definition) is 1. The Labute approximate surface area is 142 Å². The van der Waals surface area contributed by atoms with E-state index in [2.05, 4.69) is 31.3 Å². The Balaban J connectivity index is 1.77. The van der Waals surface area contributed by atoms with Crippen molar-refractivity contribution in [3.8, 4) is 5.75 Å². The van der Waals surface area contributed by atoms with Crippen LogP contribution in [0.15, 0.2) is 53.4 Å². The van der Waals surface area contributed by atoms with E-state index >= 15 is 0 Å². The first-order valence-electron chi connectivity index (χ1n) is 7.89. The van der Waals surface area contributed by atoms with E-state index in [4.69, 9.17) is 4.74 Å². The Morgan fingerprint density at radius 3 is 2.43 bits per heavy atom. The minimum absolute atomic E-state index is 0.00442. The SMILES string of the molecule is CCCCOc1ccc(NC(=O)CSc2ccc(C)cc2)cc1. The number of thioether (sulfide) groups is 1. The van der Waals surface area contributed by atoms with Gasteiger partial charge in [0.2, 0.25) is 5.91 Å². The van der Waals surface area contributed by atoms with E-state index < -0.39 is 0 Å². The zero-order chi connectivity index (χ0) is 16.5. The second-order valence-electron chi connectivity index (χ2n) is 5.38. The normalized spacial score (nSPS) is 10.3. The summed E-state index contributed by atoms with van der Waals surface area (Å²) in [6.45, 7) is 4.92. The predicted molar refractivity (Wildman–Crippen MR) is 97.4 cm³/mol. The first-order valence-corrected chi connectivity index (χ1v) is 8.88. The fraction of sp³-hybridized carbons (Fsp3) is 0.316. The van der Waals surface area contributed by atoms with Gasteiger partial charge in [0.25, 0.3) is 0 Å². The van der Waals surface area contributed by atoms with Crippen molar-refractivity contribution in [2.75, 3.05) is 17.7 Å². The highest BCUT2D eigenvalue weighted by Gasteiger charge is 2.04. The van der Waals surface area contributed by atoms with Crippen LogP contribution in [0, 0.1) is 6.92 Å². The van der Waals surface area contributed by atoms with Gasteiger partial charge in [-0.1, -0.05) is 31.0 Å². The number of benzene rings is 2. The second kappa shape index (κ2) is 9.26. The van der Waals surface area contributed by atoms with Crippen LogP contribution in [-0.2, 0) is 4.79 Å². The van der Waals surface area contributed by atoms with E-state index in [9.17, 15) is 4.79 Å². The third-order valence-electron chi connectivity index (χ3n) is 3.30. The molecule has 0 atom stereocenters. The molecule has 4 heteroatoms. The summed E-state index contributed by atoms with van der Waals surface area (Å²) >= 11 is 1.54. The lowest BCUT2D eigenvalue weighted by Crippen LogP contribution is -2.13. The van der Waals surface area contributed by atoms with Gasteiger partial charge in [0.1, 0.15) is 5.75 Å². The van der Waals surface area contributed by atoms with Crippen LogP contribution in [-0.4, -0.2) is 18.3 Å². The lowest BCUT2D eigenvalue weighted by Gasteiger charge is -2.08. The molecule has 0 bridgehead atoms. The molecular weight excluding hydrogens is 306 g/mol. The Morgan fingerprint density at radius 2 is 1.78 bits per heavy atom. The molecule has 2 aromatic carbocycles. The van der Waals surface area contributed by atoms with Crippen molar-refractivity contribution in [1.82, 2.24) is 0 Å². The Morgan fingerprint density at radius 1 is 1.09 bits per heavy atom. The van der Waals surface area contributed by atoms with Crippen LogP contribution in [0.25, 0.3) is 0 Å². The van der Waals surface area contributed by atoms with Gasteiger partial charge in [-0.15, -0.1) is 11.8 Å². The van der Waals surface area contributed by atoms with Gasteiger partial charge in [0, 0.05) is 10.6 Å². The molecule has 2 aromatic rings. The maximum absolute atomic E-state index is 12.0. The van der Waals surface area contributed by atoms with Crippen LogP contribution in [0.4, 0.5) is 5.69 Å². The average Bonchev–Trinajstić information content (AvgIpc) is 2.56. The molecule has 0 saturated heterocycles. The standard InChI is InChI=1S/C19H23NO2S/c1-3-4-13-22-17-9-7-16(8-10-17)20-19(21)14-23-18-11-5-15(2)6-12-18/h5-12H,3-4,13-14H2,1-2H3,(H,20,21). The number of nitrogens with one attached hydrogen (secondary N) is 1. The Kier molecular flexibility index (Phi) is 7.01. The summed E-state index contributed by atoms with van der Waals surface area (Å²) in [6, 6.07) is 15.7. The lowest BCUT2D eigenvalue weighted by atomic mass is 10.2. The molecule has 3 nitrogen and oxygen atoms in total. The zero-order valence-corrected chi connectivity index (χ0v) is 14.5. The molecule has 0 spiro atoms. The van der Waals surface area contributed by atoms with Crippen LogP contribution >= 0.6 is 11.8 Å². The summed E-state index contributed by atoms with van der Waals surface area (Å²) in [5, 5.41) is 2.90. The van der Waals surface area contributed by atoms with E-state index in [0.29, 0.717) is 5.75 Å². The van der Waals surface area contributed by atoms with Crippen LogP contribution in [0.5, 0.6) is 5.75 Å². The minimum Gasteiger partial charge on any atom is -0.494 e. The fourth-order valence-electron chi connectivity index (χ4n) is 1.95. The topological polar surface area (TPSA) is 38.3 Å². The minimum atomic E-state index is -0.00442. The zero-order valence-electron chi connectivity index (χ0n) is 13.7. The summed E-state index contributed by atoms with van der Waals surface area (Å²) in [4.78, 5) is 13.1. The van der Waals surface area contributed by atoms with E-state index in [1.807, 2.05) is 36.4 Å². The van der Waals surface area contributed by atoms with E-state index in [0.717, 1.165) is 35.8 Å². The van der Waals surface area contributed by atoms with Gasteiger partial charge < -0.3 is 10.1 Å². The fourth-order valence-corrected chi connectivity index (χ4v) is 2.65. The summed E-state index contributed by atoms with van der Waals surface area (Å²) < 4.78 is 5.60. The molecule has 0 saturated carbocycles. The van der Waals surface area contributed by atoms with E-state index in [1.54, 1.807) is 0 Å². The highest BCUT2D eigenvalue weighted by Crippen LogP contribution is 2.20. The smallest absolute Gasteiger partial charge is 0.234 e. The molecule has 1 amide bonds. The number of unbranched alkanes of at least 4 members (excludes halogenated alkanes) is 1. The number of anilines is 1. The van der Waals surface area contributed by atoms with Gasteiger partial charge in [0.05, 0.1) is 12.4 Å². The van der Waals surface area contributed by atoms with Gasteiger partial charge in [-0.3, -0.25) is 4.79 Å². The van der Waals surface area contributed by atoms with Crippen molar-refractivity contribution in [3.63, 3.8) is 0 Å². The predicted octanol–water partition coefficient (Wildman–Crippen LogP) is 4.90. The highest BCUT2D eigenvalue weighted by atomic mass is 32.2. The molecule has 23 heavy (non-hydrogen) atoms. The number of carbonyl (C=O) groups excluding carboxylic acids is 1. The van der Waals surface area contributed by atoms with Gasteiger partial charge in [0.15, 0.2) is 0 Å².